The van der Waals surface area contributed by atoms with Crippen LogP contribution in [0, 0.1) is 0 Å². The van der Waals surface area contributed by atoms with Crippen LogP contribution in [0.5, 0.6) is 0 Å². The number of hydrogen-bond donors (Lipinski definition) is 0. The van der Waals surface area contributed by atoms with Gasteiger partial charge in [-0.15, -0.1) is 0 Å². The molecular weight excluding hydrogens is 222 g/mol. The van der Waals surface area contributed by atoms with E-state index >= 15 is 0 Å². The third-order valence-electron chi connectivity index (χ3n) is 3.61. The van der Waals surface area contributed by atoms with E-state index in [2.05, 4.69) is 42.1 Å². The molecular formula is C15H31N3. The van der Waals surface area contributed by atoms with E-state index in [0.717, 1.165) is 13.1 Å². The summed E-state index contributed by atoms with van der Waals surface area (Å²) in [6.07, 6.45) is 12.9. The zero-order chi connectivity index (χ0) is 13.2. The molecule has 0 amide bonds. The highest BCUT2D eigenvalue weighted by atomic mass is 15.6. The van der Waals surface area contributed by atoms with Gasteiger partial charge in [0.05, 0.1) is 0 Å². The van der Waals surface area contributed by atoms with E-state index < -0.39 is 0 Å². The fraction of sp³-hybridized carbons (Fsp3) is 0.933. The number of rotatable bonds is 10. The van der Waals surface area contributed by atoms with Crippen LogP contribution < -0.4 is 0 Å². The predicted molar refractivity (Wildman–Crippen MR) is 79.7 cm³/mol. The van der Waals surface area contributed by atoms with Gasteiger partial charge < -0.3 is 4.90 Å². The number of hydrogen-bond acceptors (Lipinski definition) is 3. The highest BCUT2D eigenvalue weighted by Crippen LogP contribution is 2.19. The van der Waals surface area contributed by atoms with Gasteiger partial charge >= 0.3 is 0 Å². The van der Waals surface area contributed by atoms with Crippen LogP contribution in [0.25, 0.3) is 0 Å². The maximum absolute atomic E-state index is 4.60. The molecule has 0 saturated carbocycles. The first-order valence-electron chi connectivity index (χ1n) is 7.89. The lowest BCUT2D eigenvalue weighted by Gasteiger charge is -2.30. The van der Waals surface area contributed by atoms with Crippen LogP contribution in [0.3, 0.4) is 0 Å². The van der Waals surface area contributed by atoms with Gasteiger partial charge in [-0.05, 0) is 25.7 Å². The van der Waals surface area contributed by atoms with Crippen molar-refractivity contribution < 1.29 is 0 Å². The summed E-state index contributed by atoms with van der Waals surface area (Å²) in [7, 11) is 0. The second-order valence-corrected chi connectivity index (χ2v) is 5.32. The molecule has 0 aliphatic carbocycles. The Morgan fingerprint density at radius 2 is 1.67 bits per heavy atom. The Morgan fingerprint density at radius 3 is 2.33 bits per heavy atom. The summed E-state index contributed by atoms with van der Waals surface area (Å²) in [5.74, 6) is 0. The Labute approximate surface area is 113 Å². The molecule has 106 valence electrons. The lowest BCUT2D eigenvalue weighted by molar-refractivity contribution is 0.117. The van der Waals surface area contributed by atoms with Crippen molar-refractivity contribution in [1.29, 1.82) is 0 Å². The molecule has 3 nitrogen and oxygen atoms in total. The van der Waals surface area contributed by atoms with Gasteiger partial charge in [0.1, 0.15) is 12.5 Å². The van der Waals surface area contributed by atoms with E-state index in [4.69, 9.17) is 0 Å². The van der Waals surface area contributed by atoms with Crippen molar-refractivity contribution >= 4 is 6.34 Å². The van der Waals surface area contributed by atoms with Crippen molar-refractivity contribution in [3.63, 3.8) is 0 Å². The lowest BCUT2D eigenvalue weighted by atomic mass is 10.1. The van der Waals surface area contributed by atoms with Gasteiger partial charge in [-0.25, -0.2) is 0 Å². The maximum atomic E-state index is 4.60. The van der Waals surface area contributed by atoms with Crippen LogP contribution in [0.4, 0.5) is 0 Å². The molecule has 0 radical (unpaired) electrons. The molecule has 0 bridgehead atoms. The molecule has 0 saturated heterocycles. The summed E-state index contributed by atoms with van der Waals surface area (Å²) in [5, 5.41) is 6.92. The normalized spacial score (nSPS) is 18.9. The van der Waals surface area contributed by atoms with E-state index in [1.165, 1.54) is 51.4 Å². The van der Waals surface area contributed by atoms with Crippen molar-refractivity contribution in [2.45, 2.75) is 78.3 Å². The molecule has 0 fully saturated rings. The molecule has 1 aliphatic rings. The van der Waals surface area contributed by atoms with Crippen LogP contribution >= 0.6 is 0 Å². The Hall–Kier alpha value is -0.730. The largest absolute Gasteiger partial charge is 0.339 e. The minimum absolute atomic E-state index is 0.534. The van der Waals surface area contributed by atoms with Gasteiger partial charge in [0, 0.05) is 13.1 Å². The Balaban J connectivity index is 2.36. The molecule has 0 aromatic carbocycles. The van der Waals surface area contributed by atoms with Gasteiger partial charge in [0.15, 0.2) is 0 Å². The first-order valence-corrected chi connectivity index (χ1v) is 7.89. The summed E-state index contributed by atoms with van der Waals surface area (Å²) in [6.45, 7) is 9.05. The second-order valence-electron chi connectivity index (χ2n) is 5.32. The van der Waals surface area contributed by atoms with Crippen LogP contribution in [0.1, 0.15) is 72.1 Å². The van der Waals surface area contributed by atoms with E-state index in [1.807, 2.05) is 0 Å². The quantitative estimate of drug-likeness (QED) is 0.547. The summed E-state index contributed by atoms with van der Waals surface area (Å²) in [5.41, 5.74) is 0. The fourth-order valence-electron chi connectivity index (χ4n) is 2.53. The summed E-state index contributed by atoms with van der Waals surface area (Å²) < 4.78 is 0. The van der Waals surface area contributed by atoms with Gasteiger partial charge in [0.25, 0.3) is 0 Å². The Kier molecular flexibility index (Phi) is 7.86. The average molecular weight is 253 g/mol. The molecule has 3 heteroatoms. The first-order chi connectivity index (χ1) is 8.83. The van der Waals surface area contributed by atoms with Crippen LogP contribution in [-0.4, -0.2) is 35.5 Å². The zero-order valence-electron chi connectivity index (χ0n) is 12.6. The SMILES string of the molecule is CCCCCCN1N=CN(CCC)C1CCCC. The monoisotopic (exact) mass is 253 g/mol. The fourth-order valence-corrected chi connectivity index (χ4v) is 2.53. The average Bonchev–Trinajstić information content (AvgIpc) is 2.75. The van der Waals surface area contributed by atoms with Gasteiger partial charge in [0.2, 0.25) is 0 Å². The molecule has 18 heavy (non-hydrogen) atoms. The Bertz CT molecular complexity index is 228. The molecule has 0 aromatic rings. The predicted octanol–water partition coefficient (Wildman–Crippen LogP) is 4.05. The van der Waals surface area contributed by atoms with Crippen molar-refractivity contribution in [2.24, 2.45) is 5.10 Å². The molecule has 1 atom stereocenters. The minimum atomic E-state index is 0.534. The molecule has 0 spiro atoms. The maximum Gasteiger partial charge on any atom is 0.119 e. The van der Waals surface area contributed by atoms with Crippen molar-refractivity contribution in [1.82, 2.24) is 9.91 Å². The highest BCUT2D eigenvalue weighted by Gasteiger charge is 2.25. The van der Waals surface area contributed by atoms with E-state index in [1.54, 1.807) is 0 Å². The zero-order valence-corrected chi connectivity index (χ0v) is 12.6. The van der Waals surface area contributed by atoms with E-state index in [-0.39, 0.29) is 0 Å². The first kappa shape index (κ1) is 15.3. The van der Waals surface area contributed by atoms with Crippen LogP contribution in [0.15, 0.2) is 5.10 Å². The van der Waals surface area contributed by atoms with E-state index in [9.17, 15) is 0 Å². The smallest absolute Gasteiger partial charge is 0.119 e. The second kappa shape index (κ2) is 9.23. The van der Waals surface area contributed by atoms with Gasteiger partial charge in [-0.3, -0.25) is 5.01 Å². The summed E-state index contributed by atoms with van der Waals surface area (Å²) in [4.78, 5) is 2.43. The topological polar surface area (TPSA) is 18.8 Å². The van der Waals surface area contributed by atoms with Gasteiger partial charge in [-0.2, -0.15) is 5.10 Å². The van der Waals surface area contributed by atoms with Crippen molar-refractivity contribution in [3.8, 4) is 0 Å². The van der Waals surface area contributed by atoms with Crippen molar-refractivity contribution in [2.75, 3.05) is 13.1 Å². The minimum Gasteiger partial charge on any atom is -0.339 e. The molecule has 0 aromatic heterocycles. The standard InChI is InChI=1S/C15H31N3/c1-4-7-9-10-13-18-15(11-8-5-2)17(12-6-3)14-16-18/h14-15H,4-13H2,1-3H3. The molecule has 1 heterocycles. The lowest BCUT2D eigenvalue weighted by Crippen LogP contribution is -2.40. The molecule has 1 aliphatic heterocycles. The van der Waals surface area contributed by atoms with Gasteiger partial charge in [-0.1, -0.05) is 46.5 Å². The Morgan fingerprint density at radius 1 is 0.889 bits per heavy atom. The summed E-state index contributed by atoms with van der Waals surface area (Å²) >= 11 is 0. The van der Waals surface area contributed by atoms with Crippen LogP contribution in [-0.2, 0) is 0 Å². The molecule has 0 N–H and O–H groups in total. The highest BCUT2D eigenvalue weighted by molar-refractivity contribution is 5.57. The number of nitrogens with zero attached hydrogens (tertiary/aromatic N) is 3. The number of unbranched alkanes of at least 4 members (excludes halogenated alkanes) is 4. The van der Waals surface area contributed by atoms with Crippen LogP contribution in [0.2, 0.25) is 0 Å². The van der Waals surface area contributed by atoms with E-state index in [0.29, 0.717) is 6.17 Å². The molecule has 1 unspecified atom stereocenters. The molecule has 1 rings (SSSR count). The number of hydrazone groups is 1. The van der Waals surface area contributed by atoms with Crippen molar-refractivity contribution in [3.05, 3.63) is 0 Å². The third-order valence-corrected chi connectivity index (χ3v) is 3.61. The summed E-state index contributed by atoms with van der Waals surface area (Å²) in [6, 6.07) is 0. The third kappa shape index (κ3) is 4.87.